The van der Waals surface area contributed by atoms with Crippen molar-refractivity contribution in [1.29, 1.82) is 0 Å². The minimum Gasteiger partial charge on any atom is -0.392 e. The van der Waals surface area contributed by atoms with Gasteiger partial charge in [0.15, 0.2) is 0 Å². The molecule has 0 bridgehead atoms. The van der Waals surface area contributed by atoms with Crippen LogP contribution in [-0.4, -0.2) is 67.8 Å². The number of aliphatic hydroxyl groups excluding tert-OH is 1. The Morgan fingerprint density at radius 2 is 2.04 bits per heavy atom. The maximum atomic E-state index is 12.3. The number of aliphatic hydroxyl groups is 1. The van der Waals surface area contributed by atoms with Crippen LogP contribution in [0.1, 0.15) is 29.6 Å². The van der Waals surface area contributed by atoms with Crippen molar-refractivity contribution < 1.29 is 9.90 Å². The molecule has 2 aromatic rings. The second-order valence-electron chi connectivity index (χ2n) is 7.71. The normalized spacial score (nSPS) is 16.7. The summed E-state index contributed by atoms with van der Waals surface area (Å²) < 4.78 is 0. The van der Waals surface area contributed by atoms with Crippen LogP contribution in [0.25, 0.3) is 10.9 Å². The number of hydrogen-bond acceptors (Lipinski definition) is 5. The molecular weight excluding hydrogens is 340 g/mol. The van der Waals surface area contributed by atoms with Crippen molar-refractivity contribution in [3.05, 3.63) is 35.9 Å². The van der Waals surface area contributed by atoms with Crippen LogP contribution in [0, 0.1) is 5.92 Å². The van der Waals surface area contributed by atoms with E-state index in [1.165, 1.54) is 0 Å². The Morgan fingerprint density at radius 3 is 2.70 bits per heavy atom. The summed E-state index contributed by atoms with van der Waals surface area (Å²) in [7, 11) is 5.63. The van der Waals surface area contributed by atoms with E-state index in [4.69, 9.17) is 4.98 Å². The standard InChI is InChI=1S/C21H30N4O2/c1-22-21(27)18-13-20(23-19-7-5-4-6-17(18)19)25-10-8-15(9-11-25)12-16(26)14-24(2)3/h4-7,13,15-16,26H,8-12,14H2,1-3H3,(H,22,27). The van der Waals surface area contributed by atoms with Crippen LogP contribution in [0.3, 0.4) is 0 Å². The molecule has 0 saturated carbocycles. The van der Waals surface area contributed by atoms with E-state index in [1.54, 1.807) is 7.05 Å². The first-order valence-corrected chi connectivity index (χ1v) is 9.67. The van der Waals surface area contributed by atoms with E-state index in [0.717, 1.165) is 49.1 Å². The largest absolute Gasteiger partial charge is 0.392 e. The summed E-state index contributed by atoms with van der Waals surface area (Å²) >= 11 is 0. The van der Waals surface area contributed by atoms with Crippen LogP contribution in [-0.2, 0) is 0 Å². The predicted octanol–water partition coefficient (Wildman–Crippen LogP) is 2.12. The van der Waals surface area contributed by atoms with Crippen LogP contribution in [0.5, 0.6) is 0 Å². The van der Waals surface area contributed by atoms with Gasteiger partial charge in [0.05, 0.1) is 17.2 Å². The first-order valence-electron chi connectivity index (χ1n) is 9.67. The summed E-state index contributed by atoms with van der Waals surface area (Å²) in [5.41, 5.74) is 1.51. The van der Waals surface area contributed by atoms with Crippen molar-refractivity contribution in [3.8, 4) is 0 Å². The Hall–Kier alpha value is -2.18. The maximum Gasteiger partial charge on any atom is 0.251 e. The molecule has 2 heterocycles. The SMILES string of the molecule is CNC(=O)c1cc(N2CCC(CC(O)CN(C)C)CC2)nc2ccccc12. The number of nitrogens with zero attached hydrogens (tertiary/aromatic N) is 3. The smallest absolute Gasteiger partial charge is 0.251 e. The second-order valence-corrected chi connectivity index (χ2v) is 7.71. The van der Waals surface area contributed by atoms with Gasteiger partial charge in [-0.15, -0.1) is 0 Å². The molecule has 146 valence electrons. The fourth-order valence-corrected chi connectivity index (χ4v) is 3.92. The fraction of sp³-hybridized carbons (Fsp3) is 0.524. The number of nitrogens with one attached hydrogen (secondary N) is 1. The summed E-state index contributed by atoms with van der Waals surface area (Å²) in [5, 5.41) is 13.8. The van der Waals surface area contributed by atoms with Gasteiger partial charge in [0.25, 0.3) is 5.91 Å². The highest BCUT2D eigenvalue weighted by Gasteiger charge is 2.24. The Balaban J connectivity index is 1.72. The third kappa shape index (κ3) is 4.76. The minimum absolute atomic E-state index is 0.0865. The number of carbonyl (C=O) groups excluding carboxylic acids is 1. The Labute approximate surface area is 161 Å². The highest BCUT2D eigenvalue weighted by molar-refractivity contribution is 6.06. The maximum absolute atomic E-state index is 12.3. The molecule has 0 aliphatic carbocycles. The lowest BCUT2D eigenvalue weighted by Gasteiger charge is -2.34. The van der Waals surface area contributed by atoms with Gasteiger partial charge in [-0.25, -0.2) is 4.98 Å². The van der Waals surface area contributed by atoms with Gasteiger partial charge in [-0.3, -0.25) is 4.79 Å². The molecule has 1 saturated heterocycles. The summed E-state index contributed by atoms with van der Waals surface area (Å²) in [6.45, 7) is 2.51. The third-order valence-corrected chi connectivity index (χ3v) is 5.29. The van der Waals surface area contributed by atoms with E-state index in [2.05, 4.69) is 10.2 Å². The molecule has 1 aromatic carbocycles. The molecule has 2 N–H and O–H groups in total. The molecule has 1 amide bonds. The predicted molar refractivity (Wildman–Crippen MR) is 109 cm³/mol. The lowest BCUT2D eigenvalue weighted by atomic mass is 9.91. The van der Waals surface area contributed by atoms with Crippen LogP contribution < -0.4 is 10.2 Å². The number of amides is 1. The summed E-state index contributed by atoms with van der Waals surface area (Å²) in [6, 6.07) is 9.68. The fourth-order valence-electron chi connectivity index (χ4n) is 3.92. The number of hydrogen-bond donors (Lipinski definition) is 2. The molecule has 0 spiro atoms. The Kier molecular flexibility index (Phi) is 6.29. The van der Waals surface area contributed by atoms with Crippen molar-refractivity contribution in [3.63, 3.8) is 0 Å². The van der Waals surface area contributed by atoms with E-state index in [-0.39, 0.29) is 12.0 Å². The first kappa shape index (κ1) is 19.6. The van der Waals surface area contributed by atoms with E-state index in [9.17, 15) is 9.90 Å². The van der Waals surface area contributed by atoms with Gasteiger partial charge in [0.2, 0.25) is 0 Å². The molecule has 6 heteroatoms. The average Bonchev–Trinajstić information content (AvgIpc) is 2.66. The number of piperidine rings is 1. The molecule has 27 heavy (non-hydrogen) atoms. The van der Waals surface area contributed by atoms with Crippen LogP contribution in [0.15, 0.2) is 30.3 Å². The second kappa shape index (κ2) is 8.67. The zero-order valence-electron chi connectivity index (χ0n) is 16.5. The lowest BCUT2D eigenvalue weighted by molar-refractivity contribution is 0.0964. The zero-order valence-corrected chi connectivity index (χ0v) is 16.5. The first-order chi connectivity index (χ1) is 13.0. The van der Waals surface area contributed by atoms with E-state index in [0.29, 0.717) is 18.0 Å². The van der Waals surface area contributed by atoms with Gasteiger partial charge < -0.3 is 20.2 Å². The molecule has 1 aliphatic rings. The molecular formula is C21H30N4O2. The molecule has 1 aromatic heterocycles. The van der Waals surface area contributed by atoms with Crippen LogP contribution >= 0.6 is 0 Å². The van der Waals surface area contributed by atoms with Gasteiger partial charge >= 0.3 is 0 Å². The third-order valence-electron chi connectivity index (χ3n) is 5.29. The quantitative estimate of drug-likeness (QED) is 0.815. The van der Waals surface area contributed by atoms with Gasteiger partial charge in [-0.1, -0.05) is 18.2 Å². The molecule has 1 atom stereocenters. The van der Waals surface area contributed by atoms with Crippen LogP contribution in [0.4, 0.5) is 5.82 Å². The zero-order chi connectivity index (χ0) is 19.4. The number of benzene rings is 1. The Morgan fingerprint density at radius 1 is 1.33 bits per heavy atom. The summed E-state index contributed by atoms with van der Waals surface area (Å²) in [5.74, 6) is 1.31. The highest BCUT2D eigenvalue weighted by atomic mass is 16.3. The molecule has 6 nitrogen and oxygen atoms in total. The van der Waals surface area contributed by atoms with Crippen LogP contribution in [0.2, 0.25) is 0 Å². The van der Waals surface area contributed by atoms with Crippen molar-refractivity contribution >= 4 is 22.6 Å². The lowest BCUT2D eigenvalue weighted by Crippen LogP contribution is -2.36. The number of likely N-dealkylation sites (N-methyl/N-ethyl adjacent to an activating group) is 1. The van der Waals surface area contributed by atoms with Crippen molar-refractivity contribution in [2.45, 2.75) is 25.4 Å². The number of aromatic nitrogens is 1. The number of para-hydroxylation sites is 1. The monoisotopic (exact) mass is 370 g/mol. The molecule has 0 radical (unpaired) electrons. The minimum atomic E-state index is -0.268. The van der Waals surface area contributed by atoms with Gasteiger partial charge in [0.1, 0.15) is 5.82 Å². The number of fused-ring (bicyclic) bond motifs is 1. The number of anilines is 1. The number of rotatable bonds is 6. The Bertz CT molecular complexity index is 785. The molecule has 1 fully saturated rings. The van der Waals surface area contributed by atoms with Gasteiger partial charge in [0, 0.05) is 32.1 Å². The van der Waals surface area contributed by atoms with E-state index >= 15 is 0 Å². The number of carbonyl (C=O) groups is 1. The van der Waals surface area contributed by atoms with Crippen molar-refractivity contribution in [1.82, 2.24) is 15.2 Å². The highest BCUT2D eigenvalue weighted by Crippen LogP contribution is 2.28. The van der Waals surface area contributed by atoms with Crippen molar-refractivity contribution in [2.75, 3.05) is 45.7 Å². The topological polar surface area (TPSA) is 68.7 Å². The van der Waals surface area contributed by atoms with Gasteiger partial charge in [-0.2, -0.15) is 0 Å². The summed E-state index contributed by atoms with van der Waals surface area (Å²) in [4.78, 5) is 21.4. The molecule has 1 unspecified atom stereocenters. The molecule has 3 rings (SSSR count). The van der Waals surface area contributed by atoms with Gasteiger partial charge in [-0.05, 0) is 51.4 Å². The summed E-state index contributed by atoms with van der Waals surface area (Å²) in [6.07, 6.45) is 2.65. The number of pyridine rings is 1. The molecule has 1 aliphatic heterocycles. The van der Waals surface area contributed by atoms with E-state index in [1.807, 2.05) is 49.3 Å². The van der Waals surface area contributed by atoms with E-state index < -0.39 is 0 Å². The average molecular weight is 370 g/mol. The van der Waals surface area contributed by atoms with Crippen molar-refractivity contribution in [2.24, 2.45) is 5.92 Å².